The second kappa shape index (κ2) is 12.7. The smallest absolute Gasteiger partial charge is 0.297 e. The molecule has 0 amide bonds. The topological polar surface area (TPSA) is 149 Å². The molecule has 0 bridgehead atoms. The Morgan fingerprint density at radius 2 is 0.878 bits per heavy atom. The number of ether oxygens (including phenoxy) is 2. The highest BCUT2D eigenvalue weighted by molar-refractivity contribution is 7.87. The van der Waals surface area contributed by atoms with Gasteiger partial charge in [0, 0.05) is 0 Å². The minimum absolute atomic E-state index is 0.107. The molecule has 1 aliphatic heterocycles. The van der Waals surface area contributed by atoms with Gasteiger partial charge in [-0.2, -0.15) is 25.3 Å². The molecule has 0 aromatic heterocycles. The summed E-state index contributed by atoms with van der Waals surface area (Å²) in [4.78, 5) is -0.388. The molecule has 1 aliphatic rings. The van der Waals surface area contributed by atoms with Crippen LogP contribution in [0.1, 0.15) is 16.7 Å². The third kappa shape index (κ3) is 7.99. The minimum atomic E-state index is -4.43. The van der Waals surface area contributed by atoms with E-state index in [4.69, 9.17) is 22.0 Å². The molecule has 222 valence electrons. The van der Waals surface area contributed by atoms with Gasteiger partial charge in [0.1, 0.15) is 25.1 Å². The van der Waals surface area contributed by atoms with Crippen LogP contribution in [0.25, 0.3) is 0 Å². The van der Waals surface area contributed by atoms with Gasteiger partial charge >= 0.3 is 0 Å². The molecule has 4 rings (SSSR count). The van der Waals surface area contributed by atoms with E-state index in [2.05, 4.69) is 0 Å². The van der Waals surface area contributed by atoms with Gasteiger partial charge in [-0.05, 0) is 57.2 Å². The Morgan fingerprint density at radius 3 is 1.22 bits per heavy atom. The van der Waals surface area contributed by atoms with Crippen molar-refractivity contribution in [2.75, 3.05) is 20.0 Å². The number of hydrogen-bond donors (Lipinski definition) is 0. The predicted octanol–water partition coefficient (Wildman–Crippen LogP) is 3.24. The van der Waals surface area contributed by atoms with E-state index in [1.165, 1.54) is 36.4 Å². The molecule has 41 heavy (non-hydrogen) atoms. The number of hydrogen-bond acceptors (Lipinski definition) is 11. The van der Waals surface area contributed by atoms with Gasteiger partial charge in [-0.25, -0.2) is 0 Å². The summed E-state index contributed by atoms with van der Waals surface area (Å²) in [6.07, 6.45) is -4.11. The Kier molecular flexibility index (Phi) is 9.66. The number of rotatable bonds is 11. The monoisotopic (exact) mass is 626 g/mol. The van der Waals surface area contributed by atoms with Crippen LogP contribution in [-0.4, -0.2) is 63.6 Å². The van der Waals surface area contributed by atoms with Gasteiger partial charge in [-0.3, -0.25) is 12.5 Å². The van der Waals surface area contributed by atoms with E-state index in [1.54, 1.807) is 57.2 Å². The summed E-state index contributed by atoms with van der Waals surface area (Å²) < 4.78 is 104. The highest BCUT2D eigenvalue weighted by atomic mass is 32.2. The first kappa shape index (κ1) is 31.3. The van der Waals surface area contributed by atoms with Gasteiger partial charge in [-0.1, -0.05) is 53.1 Å². The molecule has 14 heteroatoms. The molecule has 2 unspecified atom stereocenters. The molecular weight excluding hydrogens is 596 g/mol. The van der Waals surface area contributed by atoms with E-state index in [1.807, 2.05) is 0 Å². The third-order valence-corrected chi connectivity index (χ3v) is 10.2. The van der Waals surface area contributed by atoms with Crippen LogP contribution < -0.4 is 0 Å². The van der Waals surface area contributed by atoms with Crippen molar-refractivity contribution < 1.29 is 47.3 Å². The van der Waals surface area contributed by atoms with Crippen LogP contribution in [0, 0.1) is 20.8 Å². The average molecular weight is 627 g/mol. The van der Waals surface area contributed by atoms with Crippen LogP contribution in [-0.2, 0) is 52.4 Å². The second-order valence-electron chi connectivity index (χ2n) is 9.46. The lowest BCUT2D eigenvalue weighted by Gasteiger charge is -2.36. The zero-order chi connectivity index (χ0) is 29.8. The van der Waals surface area contributed by atoms with Crippen molar-refractivity contribution in [2.45, 2.75) is 53.8 Å². The SMILES string of the molecule is Cc1ccc(S(=O)(=O)OCC2OCOC(COS(=O)(=O)c3ccc(C)cc3)C2OS(=O)(=O)c2ccc(C)cc2)cc1. The largest absolute Gasteiger partial charge is 0.347 e. The van der Waals surface area contributed by atoms with Crippen molar-refractivity contribution in [2.24, 2.45) is 0 Å². The summed E-state index contributed by atoms with van der Waals surface area (Å²) in [7, 11) is -12.9. The molecule has 1 heterocycles. The van der Waals surface area contributed by atoms with Crippen LogP contribution in [0.2, 0.25) is 0 Å². The first-order valence-electron chi connectivity index (χ1n) is 12.4. The van der Waals surface area contributed by atoms with Gasteiger partial charge in [0.2, 0.25) is 0 Å². The molecule has 0 spiro atoms. The Bertz CT molecular complexity index is 1560. The molecule has 0 N–H and O–H groups in total. The normalized spacial score (nSPS) is 20.1. The molecule has 11 nitrogen and oxygen atoms in total. The van der Waals surface area contributed by atoms with Gasteiger partial charge in [0.25, 0.3) is 30.4 Å². The standard InChI is InChI=1S/C27H30O11S3/c1-19-4-10-22(11-5-19)39(28,29)36-16-25-27(38-41(32,33)24-14-8-21(3)9-15-24)26(35-18-34-25)17-37-40(30,31)23-12-6-20(2)7-13-23/h4-15,25-27H,16-18H2,1-3H3. The molecule has 1 fully saturated rings. The highest BCUT2D eigenvalue weighted by Gasteiger charge is 2.42. The van der Waals surface area contributed by atoms with Gasteiger partial charge in [0.15, 0.2) is 0 Å². The molecule has 3 aromatic carbocycles. The van der Waals surface area contributed by atoms with E-state index >= 15 is 0 Å². The van der Waals surface area contributed by atoms with Crippen LogP contribution in [0.4, 0.5) is 0 Å². The Labute approximate surface area is 240 Å². The predicted molar refractivity (Wildman–Crippen MR) is 146 cm³/mol. The average Bonchev–Trinajstić information content (AvgIpc) is 2.92. The van der Waals surface area contributed by atoms with E-state index in [9.17, 15) is 25.3 Å². The quantitative estimate of drug-likeness (QED) is 0.289. The molecule has 0 aliphatic carbocycles. The minimum Gasteiger partial charge on any atom is -0.347 e. The molecular formula is C27H30O11S3. The molecule has 2 atom stereocenters. The molecule has 1 saturated heterocycles. The first-order valence-corrected chi connectivity index (χ1v) is 16.6. The molecule has 0 radical (unpaired) electrons. The third-order valence-electron chi connectivity index (χ3n) is 6.24. The summed E-state index contributed by atoms with van der Waals surface area (Å²) >= 11 is 0. The Hall–Kier alpha value is -2.69. The summed E-state index contributed by atoms with van der Waals surface area (Å²) in [6, 6.07) is 17.7. The maximum atomic E-state index is 13.2. The van der Waals surface area contributed by atoms with Gasteiger partial charge in [-0.15, -0.1) is 0 Å². The highest BCUT2D eigenvalue weighted by Crippen LogP contribution is 2.26. The van der Waals surface area contributed by atoms with Crippen molar-refractivity contribution in [1.29, 1.82) is 0 Å². The van der Waals surface area contributed by atoms with Gasteiger partial charge < -0.3 is 9.47 Å². The summed E-state index contributed by atoms with van der Waals surface area (Å²) in [5.41, 5.74) is 2.50. The fourth-order valence-electron chi connectivity index (χ4n) is 3.82. The van der Waals surface area contributed by atoms with Crippen LogP contribution in [0.5, 0.6) is 0 Å². The fraction of sp³-hybridized carbons (Fsp3) is 0.333. The lowest BCUT2D eigenvalue weighted by atomic mass is 10.1. The van der Waals surface area contributed by atoms with Crippen LogP contribution >= 0.6 is 0 Å². The van der Waals surface area contributed by atoms with Gasteiger partial charge in [0.05, 0.1) is 27.9 Å². The summed E-state index contributed by atoms with van der Waals surface area (Å²) in [5.74, 6) is 0. The van der Waals surface area contributed by atoms with Crippen molar-refractivity contribution >= 4 is 30.4 Å². The van der Waals surface area contributed by atoms with E-state index in [0.717, 1.165) is 16.7 Å². The van der Waals surface area contributed by atoms with E-state index in [-0.39, 0.29) is 14.7 Å². The van der Waals surface area contributed by atoms with Crippen molar-refractivity contribution in [3.8, 4) is 0 Å². The Morgan fingerprint density at radius 1 is 0.561 bits per heavy atom. The number of benzene rings is 3. The van der Waals surface area contributed by atoms with Crippen LogP contribution in [0.15, 0.2) is 87.5 Å². The van der Waals surface area contributed by atoms with E-state index < -0.39 is 68.7 Å². The maximum Gasteiger partial charge on any atom is 0.297 e. The maximum absolute atomic E-state index is 13.2. The zero-order valence-corrected chi connectivity index (χ0v) is 24.9. The summed E-state index contributed by atoms with van der Waals surface area (Å²) in [5, 5.41) is 0. The fourth-order valence-corrected chi connectivity index (χ4v) is 6.78. The molecule has 3 aromatic rings. The Balaban J connectivity index is 1.57. The number of aryl methyl sites for hydroxylation is 3. The zero-order valence-electron chi connectivity index (χ0n) is 22.5. The first-order chi connectivity index (χ1) is 19.3. The van der Waals surface area contributed by atoms with Crippen molar-refractivity contribution in [1.82, 2.24) is 0 Å². The summed E-state index contributed by atoms with van der Waals surface area (Å²) in [6.45, 7) is 3.66. The molecule has 0 saturated carbocycles. The lowest BCUT2D eigenvalue weighted by molar-refractivity contribution is -0.232. The van der Waals surface area contributed by atoms with Crippen molar-refractivity contribution in [3.63, 3.8) is 0 Å². The van der Waals surface area contributed by atoms with Crippen LogP contribution in [0.3, 0.4) is 0 Å². The lowest BCUT2D eigenvalue weighted by Crippen LogP contribution is -2.52. The van der Waals surface area contributed by atoms with Crippen molar-refractivity contribution in [3.05, 3.63) is 89.5 Å². The van der Waals surface area contributed by atoms with E-state index in [0.29, 0.717) is 0 Å². The second-order valence-corrected chi connectivity index (χ2v) is 14.3.